The molecule has 0 atom stereocenters. The van der Waals surface area contributed by atoms with Crippen LogP contribution in [0.1, 0.15) is 21.5 Å². The van der Waals surface area contributed by atoms with Crippen molar-refractivity contribution >= 4 is 11.6 Å². The fourth-order valence-electron chi connectivity index (χ4n) is 2.40. The molecule has 0 spiro atoms. The number of benzene rings is 2. The van der Waals surface area contributed by atoms with E-state index in [9.17, 15) is 9.90 Å². The Kier molecular flexibility index (Phi) is 2.63. The maximum atomic E-state index is 12.3. The molecular formula is C15H14N2O2. The van der Waals surface area contributed by atoms with Gasteiger partial charge in [0.2, 0.25) is 0 Å². The number of carbonyl (C=O) groups excluding carboxylic acids is 1. The SMILES string of the molecule is Nc1cccc2c1C(=O)N(Cc1ccc(O)cc1)C2. The Morgan fingerprint density at radius 2 is 1.89 bits per heavy atom. The van der Waals surface area contributed by atoms with Gasteiger partial charge in [-0.05, 0) is 29.3 Å². The van der Waals surface area contributed by atoms with Crippen LogP contribution in [0, 0.1) is 0 Å². The van der Waals surface area contributed by atoms with Crippen molar-refractivity contribution in [1.29, 1.82) is 0 Å². The monoisotopic (exact) mass is 254 g/mol. The summed E-state index contributed by atoms with van der Waals surface area (Å²) in [5.74, 6) is 0.199. The van der Waals surface area contributed by atoms with E-state index < -0.39 is 0 Å². The number of rotatable bonds is 2. The lowest BCUT2D eigenvalue weighted by Crippen LogP contribution is -2.23. The van der Waals surface area contributed by atoms with Gasteiger partial charge in [-0.25, -0.2) is 0 Å². The normalized spacial score (nSPS) is 13.7. The van der Waals surface area contributed by atoms with Crippen LogP contribution in [0.4, 0.5) is 5.69 Å². The third-order valence-corrected chi connectivity index (χ3v) is 3.36. The van der Waals surface area contributed by atoms with E-state index in [4.69, 9.17) is 5.73 Å². The molecule has 0 aliphatic carbocycles. The molecule has 0 radical (unpaired) electrons. The average molecular weight is 254 g/mol. The third kappa shape index (κ3) is 2.01. The van der Waals surface area contributed by atoms with Crippen molar-refractivity contribution in [2.24, 2.45) is 0 Å². The molecule has 1 amide bonds. The summed E-state index contributed by atoms with van der Waals surface area (Å²) in [7, 11) is 0. The summed E-state index contributed by atoms with van der Waals surface area (Å²) in [5.41, 5.74) is 8.98. The van der Waals surface area contributed by atoms with Crippen molar-refractivity contribution in [3.05, 3.63) is 59.2 Å². The summed E-state index contributed by atoms with van der Waals surface area (Å²) in [6.07, 6.45) is 0. The number of hydrogen-bond acceptors (Lipinski definition) is 3. The predicted molar refractivity (Wildman–Crippen MR) is 72.5 cm³/mol. The van der Waals surface area contributed by atoms with E-state index >= 15 is 0 Å². The number of nitrogens with two attached hydrogens (primary N) is 1. The van der Waals surface area contributed by atoms with Crippen LogP contribution in [0.2, 0.25) is 0 Å². The Labute approximate surface area is 111 Å². The summed E-state index contributed by atoms with van der Waals surface area (Å²) in [6.45, 7) is 1.10. The molecule has 0 fully saturated rings. The Morgan fingerprint density at radius 1 is 1.16 bits per heavy atom. The quantitative estimate of drug-likeness (QED) is 0.807. The van der Waals surface area contributed by atoms with Crippen LogP contribution >= 0.6 is 0 Å². The molecule has 1 aliphatic heterocycles. The molecule has 1 heterocycles. The van der Waals surface area contributed by atoms with Gasteiger partial charge in [0, 0.05) is 18.8 Å². The van der Waals surface area contributed by atoms with E-state index in [0.717, 1.165) is 11.1 Å². The highest BCUT2D eigenvalue weighted by Crippen LogP contribution is 2.28. The zero-order valence-corrected chi connectivity index (χ0v) is 10.3. The van der Waals surface area contributed by atoms with Gasteiger partial charge in [0.1, 0.15) is 5.75 Å². The molecule has 4 nitrogen and oxygen atoms in total. The lowest BCUT2D eigenvalue weighted by atomic mass is 10.1. The van der Waals surface area contributed by atoms with Gasteiger partial charge < -0.3 is 15.7 Å². The van der Waals surface area contributed by atoms with Crippen molar-refractivity contribution < 1.29 is 9.90 Å². The maximum absolute atomic E-state index is 12.3. The minimum absolute atomic E-state index is 0.0267. The first kappa shape index (κ1) is 11.6. The Bertz CT molecular complexity index is 635. The number of phenols is 1. The number of amides is 1. The molecule has 4 heteroatoms. The van der Waals surface area contributed by atoms with Crippen molar-refractivity contribution in [3.8, 4) is 5.75 Å². The molecule has 0 bridgehead atoms. The molecule has 3 N–H and O–H groups in total. The number of nitrogens with zero attached hydrogens (tertiary/aromatic N) is 1. The van der Waals surface area contributed by atoms with Gasteiger partial charge in [-0.1, -0.05) is 24.3 Å². The van der Waals surface area contributed by atoms with Crippen LogP contribution in [-0.4, -0.2) is 15.9 Å². The second-order valence-corrected chi connectivity index (χ2v) is 4.71. The van der Waals surface area contributed by atoms with Gasteiger partial charge in [0.05, 0.1) is 5.56 Å². The average Bonchev–Trinajstić information content (AvgIpc) is 2.71. The summed E-state index contributed by atoms with van der Waals surface area (Å²) < 4.78 is 0. The van der Waals surface area contributed by atoms with Gasteiger partial charge in [0.15, 0.2) is 0 Å². The molecule has 96 valence electrons. The third-order valence-electron chi connectivity index (χ3n) is 3.36. The Morgan fingerprint density at radius 3 is 2.58 bits per heavy atom. The van der Waals surface area contributed by atoms with E-state index in [1.807, 2.05) is 24.3 Å². The number of hydrogen-bond donors (Lipinski definition) is 2. The lowest BCUT2D eigenvalue weighted by Gasteiger charge is -2.15. The second-order valence-electron chi connectivity index (χ2n) is 4.71. The number of carbonyl (C=O) groups is 1. The topological polar surface area (TPSA) is 66.6 Å². The van der Waals surface area contributed by atoms with Gasteiger partial charge in [-0.2, -0.15) is 0 Å². The first-order valence-electron chi connectivity index (χ1n) is 6.09. The number of anilines is 1. The van der Waals surface area contributed by atoms with Crippen LogP contribution < -0.4 is 5.73 Å². The van der Waals surface area contributed by atoms with Crippen molar-refractivity contribution in [2.75, 3.05) is 5.73 Å². The van der Waals surface area contributed by atoms with Crippen molar-refractivity contribution in [2.45, 2.75) is 13.1 Å². The first-order chi connectivity index (χ1) is 9.15. The van der Waals surface area contributed by atoms with E-state index in [1.165, 1.54) is 0 Å². The van der Waals surface area contributed by atoms with E-state index in [1.54, 1.807) is 23.1 Å². The molecule has 0 saturated carbocycles. The molecule has 2 aromatic carbocycles. The smallest absolute Gasteiger partial charge is 0.256 e. The van der Waals surface area contributed by atoms with Crippen LogP contribution in [0.15, 0.2) is 42.5 Å². The first-order valence-corrected chi connectivity index (χ1v) is 6.09. The standard InChI is InChI=1S/C15H14N2O2/c16-13-3-1-2-11-9-17(15(19)14(11)13)8-10-4-6-12(18)7-5-10/h1-7,18H,8-9,16H2. The number of fused-ring (bicyclic) bond motifs is 1. The van der Waals surface area contributed by atoms with Crippen LogP contribution in [0.5, 0.6) is 5.75 Å². The predicted octanol–water partition coefficient (Wildman–Crippen LogP) is 2.13. The minimum atomic E-state index is -0.0267. The van der Waals surface area contributed by atoms with Crippen LogP contribution in [-0.2, 0) is 13.1 Å². The second kappa shape index (κ2) is 4.31. The maximum Gasteiger partial charge on any atom is 0.256 e. The van der Waals surface area contributed by atoms with E-state index in [0.29, 0.717) is 24.3 Å². The fraction of sp³-hybridized carbons (Fsp3) is 0.133. The van der Waals surface area contributed by atoms with E-state index in [2.05, 4.69) is 0 Å². The van der Waals surface area contributed by atoms with Gasteiger partial charge in [-0.3, -0.25) is 4.79 Å². The van der Waals surface area contributed by atoms with Crippen LogP contribution in [0.25, 0.3) is 0 Å². The molecule has 3 rings (SSSR count). The lowest BCUT2D eigenvalue weighted by molar-refractivity contribution is 0.0767. The zero-order valence-electron chi connectivity index (χ0n) is 10.3. The number of phenolic OH excluding ortho intramolecular Hbond substituents is 1. The fourth-order valence-corrected chi connectivity index (χ4v) is 2.40. The molecule has 0 unspecified atom stereocenters. The molecule has 19 heavy (non-hydrogen) atoms. The summed E-state index contributed by atoms with van der Waals surface area (Å²) in [6, 6.07) is 12.4. The molecule has 2 aromatic rings. The van der Waals surface area contributed by atoms with Crippen molar-refractivity contribution in [3.63, 3.8) is 0 Å². The number of aromatic hydroxyl groups is 1. The van der Waals surface area contributed by atoms with Gasteiger partial charge in [-0.15, -0.1) is 0 Å². The Hall–Kier alpha value is -2.49. The summed E-state index contributed by atoms with van der Waals surface area (Å²) in [4.78, 5) is 14.0. The minimum Gasteiger partial charge on any atom is -0.508 e. The zero-order chi connectivity index (χ0) is 13.4. The van der Waals surface area contributed by atoms with Gasteiger partial charge in [0.25, 0.3) is 5.91 Å². The number of nitrogen functional groups attached to an aromatic ring is 1. The molecule has 1 aliphatic rings. The van der Waals surface area contributed by atoms with Gasteiger partial charge >= 0.3 is 0 Å². The molecular weight excluding hydrogens is 240 g/mol. The summed E-state index contributed by atoms with van der Waals surface area (Å²) in [5, 5.41) is 9.25. The Balaban J connectivity index is 1.84. The highest BCUT2D eigenvalue weighted by Gasteiger charge is 2.28. The largest absolute Gasteiger partial charge is 0.508 e. The van der Waals surface area contributed by atoms with E-state index in [-0.39, 0.29) is 11.7 Å². The molecule has 0 aromatic heterocycles. The van der Waals surface area contributed by atoms with Crippen molar-refractivity contribution in [1.82, 2.24) is 4.90 Å². The highest BCUT2D eigenvalue weighted by molar-refractivity contribution is 6.02. The van der Waals surface area contributed by atoms with Crippen LogP contribution in [0.3, 0.4) is 0 Å². The molecule has 0 saturated heterocycles. The summed E-state index contributed by atoms with van der Waals surface area (Å²) >= 11 is 0. The highest BCUT2D eigenvalue weighted by atomic mass is 16.3.